The maximum atomic E-state index is 4.61. The third-order valence-electron chi connectivity index (χ3n) is 6.27. The molecule has 0 bridgehead atoms. The van der Waals surface area contributed by atoms with Crippen LogP contribution in [0.15, 0.2) is 24.3 Å². The summed E-state index contributed by atoms with van der Waals surface area (Å²) in [7, 11) is 2.16. The lowest BCUT2D eigenvalue weighted by atomic mass is 9.96. The van der Waals surface area contributed by atoms with Gasteiger partial charge in [0.2, 0.25) is 0 Å². The van der Waals surface area contributed by atoms with E-state index in [9.17, 15) is 0 Å². The van der Waals surface area contributed by atoms with Crippen molar-refractivity contribution < 1.29 is 0 Å². The van der Waals surface area contributed by atoms with Crippen LogP contribution in [0.1, 0.15) is 61.3 Å². The molecule has 2 aliphatic heterocycles. The summed E-state index contributed by atoms with van der Waals surface area (Å²) in [6.07, 6.45) is 6.22. The van der Waals surface area contributed by atoms with Crippen molar-refractivity contribution in [3.05, 3.63) is 47.0 Å². The van der Waals surface area contributed by atoms with Crippen molar-refractivity contribution in [2.24, 2.45) is 7.05 Å². The van der Waals surface area contributed by atoms with Crippen LogP contribution < -0.4 is 0 Å². The van der Waals surface area contributed by atoms with Crippen molar-refractivity contribution in [2.45, 2.75) is 58.0 Å². The molecule has 5 heteroatoms. The number of rotatable bonds is 6. The SMILES string of the molecule is CCc1ccc(CN2CCCC(c3nnc(CN4CCCC4)n3C)C2)cc1. The van der Waals surface area contributed by atoms with Crippen LogP contribution in [0.25, 0.3) is 0 Å². The molecule has 2 aromatic rings. The van der Waals surface area contributed by atoms with Gasteiger partial charge in [0.05, 0.1) is 6.54 Å². The van der Waals surface area contributed by atoms with Crippen LogP contribution in [0.3, 0.4) is 0 Å². The molecule has 146 valence electrons. The molecule has 0 radical (unpaired) electrons. The van der Waals surface area contributed by atoms with E-state index in [1.165, 1.54) is 62.3 Å². The van der Waals surface area contributed by atoms with E-state index in [0.29, 0.717) is 5.92 Å². The van der Waals surface area contributed by atoms with Gasteiger partial charge < -0.3 is 4.57 Å². The van der Waals surface area contributed by atoms with Gasteiger partial charge in [-0.25, -0.2) is 0 Å². The van der Waals surface area contributed by atoms with Crippen LogP contribution >= 0.6 is 0 Å². The van der Waals surface area contributed by atoms with Crippen LogP contribution in [-0.2, 0) is 26.6 Å². The van der Waals surface area contributed by atoms with E-state index in [1.807, 2.05) is 0 Å². The van der Waals surface area contributed by atoms with Crippen LogP contribution in [0.5, 0.6) is 0 Å². The first-order valence-electron chi connectivity index (χ1n) is 10.6. The van der Waals surface area contributed by atoms with E-state index < -0.39 is 0 Å². The Morgan fingerprint density at radius 3 is 2.33 bits per heavy atom. The molecule has 2 saturated heterocycles. The highest BCUT2D eigenvalue weighted by Crippen LogP contribution is 2.27. The van der Waals surface area contributed by atoms with Crippen molar-refractivity contribution in [2.75, 3.05) is 26.2 Å². The van der Waals surface area contributed by atoms with E-state index in [4.69, 9.17) is 0 Å². The summed E-state index contributed by atoms with van der Waals surface area (Å²) < 4.78 is 2.27. The fourth-order valence-electron chi connectivity index (χ4n) is 4.56. The molecule has 0 saturated carbocycles. The number of hydrogen-bond acceptors (Lipinski definition) is 4. The van der Waals surface area contributed by atoms with E-state index >= 15 is 0 Å². The van der Waals surface area contributed by atoms with Gasteiger partial charge in [0.15, 0.2) is 0 Å². The normalized spacial score (nSPS) is 21.8. The van der Waals surface area contributed by atoms with E-state index in [0.717, 1.165) is 31.9 Å². The molecule has 0 amide bonds. The van der Waals surface area contributed by atoms with Crippen molar-refractivity contribution in [1.82, 2.24) is 24.6 Å². The molecule has 1 aromatic heterocycles. The van der Waals surface area contributed by atoms with Gasteiger partial charge in [-0.2, -0.15) is 0 Å². The molecule has 0 spiro atoms. The molecule has 2 aliphatic rings. The first kappa shape index (κ1) is 18.6. The van der Waals surface area contributed by atoms with Crippen LogP contribution in [-0.4, -0.2) is 50.7 Å². The highest BCUT2D eigenvalue weighted by atomic mass is 15.3. The van der Waals surface area contributed by atoms with Gasteiger partial charge in [-0.1, -0.05) is 31.2 Å². The van der Waals surface area contributed by atoms with Gasteiger partial charge in [-0.3, -0.25) is 9.80 Å². The van der Waals surface area contributed by atoms with E-state index in [-0.39, 0.29) is 0 Å². The fraction of sp³-hybridized carbons (Fsp3) is 0.636. The molecular weight excluding hydrogens is 334 g/mol. The predicted molar refractivity (Wildman–Crippen MR) is 109 cm³/mol. The summed E-state index contributed by atoms with van der Waals surface area (Å²) in [4.78, 5) is 5.09. The number of likely N-dealkylation sites (tertiary alicyclic amines) is 2. The van der Waals surface area contributed by atoms with E-state index in [2.05, 4.69) is 62.8 Å². The minimum atomic E-state index is 0.499. The summed E-state index contributed by atoms with van der Waals surface area (Å²) in [5.74, 6) is 2.80. The minimum absolute atomic E-state index is 0.499. The minimum Gasteiger partial charge on any atom is -0.317 e. The monoisotopic (exact) mass is 367 g/mol. The molecular formula is C22H33N5. The van der Waals surface area contributed by atoms with Crippen molar-refractivity contribution in [3.63, 3.8) is 0 Å². The number of hydrogen-bond donors (Lipinski definition) is 0. The van der Waals surface area contributed by atoms with Gasteiger partial charge in [-0.15, -0.1) is 10.2 Å². The third kappa shape index (κ3) is 4.41. The maximum absolute atomic E-state index is 4.61. The Labute approximate surface area is 163 Å². The summed E-state index contributed by atoms with van der Waals surface area (Å²) >= 11 is 0. The first-order valence-corrected chi connectivity index (χ1v) is 10.6. The molecule has 3 heterocycles. The quantitative estimate of drug-likeness (QED) is 0.785. The fourth-order valence-corrected chi connectivity index (χ4v) is 4.56. The van der Waals surface area contributed by atoms with Crippen molar-refractivity contribution in [1.29, 1.82) is 0 Å². The van der Waals surface area contributed by atoms with Gasteiger partial charge >= 0.3 is 0 Å². The number of benzene rings is 1. The number of piperidine rings is 1. The van der Waals surface area contributed by atoms with Crippen LogP contribution in [0.2, 0.25) is 0 Å². The number of nitrogens with zero attached hydrogens (tertiary/aromatic N) is 5. The molecule has 0 aliphatic carbocycles. The lowest BCUT2D eigenvalue weighted by Gasteiger charge is -2.32. The Hall–Kier alpha value is -1.72. The van der Waals surface area contributed by atoms with Gasteiger partial charge in [-0.05, 0) is 62.9 Å². The maximum Gasteiger partial charge on any atom is 0.146 e. The van der Waals surface area contributed by atoms with E-state index in [1.54, 1.807) is 0 Å². The predicted octanol–water partition coefficient (Wildman–Crippen LogP) is 3.35. The lowest BCUT2D eigenvalue weighted by molar-refractivity contribution is 0.195. The van der Waals surface area contributed by atoms with Gasteiger partial charge in [0, 0.05) is 26.1 Å². The number of aromatic nitrogens is 3. The Bertz CT molecular complexity index is 730. The average Bonchev–Trinajstić information content (AvgIpc) is 3.33. The van der Waals surface area contributed by atoms with Crippen LogP contribution in [0.4, 0.5) is 0 Å². The Kier molecular flexibility index (Phi) is 5.89. The molecule has 1 atom stereocenters. The highest BCUT2D eigenvalue weighted by molar-refractivity contribution is 5.22. The molecule has 5 nitrogen and oxygen atoms in total. The summed E-state index contributed by atoms with van der Waals surface area (Å²) in [5.41, 5.74) is 2.83. The lowest BCUT2D eigenvalue weighted by Crippen LogP contribution is -2.35. The average molecular weight is 368 g/mol. The summed E-state index contributed by atoms with van der Waals surface area (Å²) in [5, 5.41) is 9.14. The molecule has 27 heavy (non-hydrogen) atoms. The Balaban J connectivity index is 1.39. The van der Waals surface area contributed by atoms with Gasteiger partial charge in [0.25, 0.3) is 0 Å². The zero-order valence-electron chi connectivity index (χ0n) is 16.9. The first-order chi connectivity index (χ1) is 13.2. The summed E-state index contributed by atoms with van der Waals surface area (Å²) in [6, 6.07) is 9.12. The summed E-state index contributed by atoms with van der Waals surface area (Å²) in [6.45, 7) is 8.88. The standard InChI is InChI=1S/C22H33N5/c1-3-18-8-10-19(11-9-18)15-27-14-6-7-20(16-27)22-24-23-21(25(22)2)17-26-12-4-5-13-26/h8-11,20H,3-7,12-17H2,1-2H3. The second-order valence-corrected chi connectivity index (χ2v) is 8.26. The Morgan fingerprint density at radius 1 is 0.889 bits per heavy atom. The molecule has 0 N–H and O–H groups in total. The van der Waals surface area contributed by atoms with Crippen molar-refractivity contribution in [3.8, 4) is 0 Å². The van der Waals surface area contributed by atoms with Crippen LogP contribution in [0, 0.1) is 0 Å². The molecule has 1 unspecified atom stereocenters. The second-order valence-electron chi connectivity index (χ2n) is 8.26. The number of aryl methyl sites for hydroxylation is 1. The third-order valence-corrected chi connectivity index (χ3v) is 6.27. The Morgan fingerprint density at radius 2 is 1.59 bits per heavy atom. The second kappa shape index (κ2) is 8.53. The molecule has 2 fully saturated rings. The topological polar surface area (TPSA) is 37.2 Å². The van der Waals surface area contributed by atoms with Crippen molar-refractivity contribution >= 4 is 0 Å². The smallest absolute Gasteiger partial charge is 0.146 e. The largest absolute Gasteiger partial charge is 0.317 e. The molecule has 1 aromatic carbocycles. The molecule has 4 rings (SSSR count). The zero-order chi connectivity index (χ0) is 18.6. The van der Waals surface area contributed by atoms with Gasteiger partial charge in [0.1, 0.15) is 11.6 Å². The highest BCUT2D eigenvalue weighted by Gasteiger charge is 2.26. The zero-order valence-corrected chi connectivity index (χ0v) is 16.9.